The number of benzene rings is 1. The fourth-order valence-corrected chi connectivity index (χ4v) is 3.55. The first-order chi connectivity index (χ1) is 14.6. The molecule has 0 atom stereocenters. The predicted octanol–water partition coefficient (Wildman–Crippen LogP) is 3.30. The summed E-state index contributed by atoms with van der Waals surface area (Å²) in [5, 5.41) is 14.4. The molecule has 0 saturated heterocycles. The summed E-state index contributed by atoms with van der Waals surface area (Å²) in [4.78, 5) is 12.4. The minimum absolute atomic E-state index is 0.172. The summed E-state index contributed by atoms with van der Waals surface area (Å²) in [5.74, 6) is 1.45. The summed E-state index contributed by atoms with van der Waals surface area (Å²) >= 11 is 0. The zero-order valence-corrected chi connectivity index (χ0v) is 16.7. The highest BCUT2D eigenvalue weighted by molar-refractivity contribution is 6.11. The zero-order valence-electron chi connectivity index (χ0n) is 16.7. The van der Waals surface area contributed by atoms with Gasteiger partial charge >= 0.3 is 0 Å². The topological polar surface area (TPSA) is 99.4 Å². The maximum absolute atomic E-state index is 9.60. The second-order valence-corrected chi connectivity index (χ2v) is 6.86. The van der Waals surface area contributed by atoms with Crippen molar-refractivity contribution in [1.82, 2.24) is 14.6 Å². The second kappa shape index (κ2) is 8.09. The van der Waals surface area contributed by atoms with Crippen LogP contribution in [0.4, 0.5) is 17.3 Å². The van der Waals surface area contributed by atoms with Crippen LogP contribution in [-0.2, 0) is 0 Å². The van der Waals surface area contributed by atoms with Gasteiger partial charge in [0, 0.05) is 18.4 Å². The van der Waals surface area contributed by atoms with Crippen LogP contribution >= 0.6 is 0 Å². The number of hydrogen-bond donors (Lipinski definition) is 1. The van der Waals surface area contributed by atoms with E-state index in [0.717, 1.165) is 29.3 Å². The second-order valence-electron chi connectivity index (χ2n) is 6.86. The van der Waals surface area contributed by atoms with E-state index in [2.05, 4.69) is 29.5 Å². The number of nitrogens with two attached hydrogens (primary N) is 1. The Hall–Kier alpha value is -4.12. The lowest BCUT2D eigenvalue weighted by molar-refractivity contribution is 0.785. The van der Waals surface area contributed by atoms with Crippen molar-refractivity contribution in [2.45, 2.75) is 13.3 Å². The van der Waals surface area contributed by atoms with Gasteiger partial charge in [-0.2, -0.15) is 10.4 Å². The van der Waals surface area contributed by atoms with Crippen LogP contribution < -0.4 is 15.5 Å². The Bertz CT molecular complexity index is 1140. The lowest BCUT2D eigenvalue weighted by Crippen LogP contribution is -2.43. The molecular formula is C22H22N8. The monoisotopic (exact) mass is 398 g/mol. The molecule has 150 valence electrons. The first-order valence-electron chi connectivity index (χ1n) is 9.69. The van der Waals surface area contributed by atoms with Gasteiger partial charge in [0.05, 0.1) is 17.9 Å². The molecule has 2 aromatic heterocycles. The third kappa shape index (κ3) is 3.37. The minimum Gasteiger partial charge on any atom is -0.382 e. The number of amidine groups is 1. The molecule has 0 amide bonds. The van der Waals surface area contributed by atoms with Gasteiger partial charge in [-0.1, -0.05) is 31.7 Å². The van der Waals surface area contributed by atoms with Gasteiger partial charge in [0.25, 0.3) is 0 Å². The van der Waals surface area contributed by atoms with Crippen LogP contribution in [-0.4, -0.2) is 33.6 Å². The minimum atomic E-state index is 0.172. The molecule has 1 aromatic carbocycles. The molecule has 0 radical (unpaired) electrons. The van der Waals surface area contributed by atoms with E-state index in [1.807, 2.05) is 63.1 Å². The average Bonchev–Trinajstić information content (AvgIpc) is 3.23. The Balaban J connectivity index is 1.79. The maximum atomic E-state index is 9.60. The molecule has 1 aliphatic heterocycles. The highest BCUT2D eigenvalue weighted by Gasteiger charge is 2.28. The van der Waals surface area contributed by atoms with Crippen LogP contribution in [0, 0.1) is 11.3 Å². The molecule has 2 N–H and O–H groups in total. The van der Waals surface area contributed by atoms with Gasteiger partial charge in [0.15, 0.2) is 11.7 Å². The summed E-state index contributed by atoms with van der Waals surface area (Å²) < 4.78 is 1.82. The summed E-state index contributed by atoms with van der Waals surface area (Å²) in [6.07, 6.45) is 4.15. The van der Waals surface area contributed by atoms with Crippen molar-refractivity contribution in [3.05, 3.63) is 72.8 Å². The number of hydrogen-bond acceptors (Lipinski definition) is 7. The van der Waals surface area contributed by atoms with Gasteiger partial charge < -0.3 is 10.6 Å². The summed E-state index contributed by atoms with van der Waals surface area (Å²) in [7, 11) is 0. The van der Waals surface area contributed by atoms with Gasteiger partial charge in [-0.05, 0) is 30.7 Å². The number of nitrogens with zero attached hydrogens (tertiary/aromatic N) is 7. The molecular weight excluding hydrogens is 376 g/mol. The third-order valence-corrected chi connectivity index (χ3v) is 4.88. The molecule has 0 unspecified atom stereocenters. The lowest BCUT2D eigenvalue weighted by atomic mass is 10.2. The molecule has 0 bridgehead atoms. The molecule has 0 fully saturated rings. The van der Waals surface area contributed by atoms with Crippen molar-refractivity contribution in [2.75, 3.05) is 28.6 Å². The normalized spacial score (nSPS) is 12.9. The smallest absolute Gasteiger partial charge is 0.154 e. The van der Waals surface area contributed by atoms with Gasteiger partial charge in [0.1, 0.15) is 23.8 Å². The van der Waals surface area contributed by atoms with Crippen LogP contribution in [0.25, 0.3) is 5.70 Å². The van der Waals surface area contributed by atoms with Gasteiger partial charge in [0.2, 0.25) is 0 Å². The molecule has 3 aromatic rings. The molecule has 8 nitrogen and oxygen atoms in total. The summed E-state index contributed by atoms with van der Waals surface area (Å²) in [6.45, 7) is 7.49. The Labute approximate surface area is 175 Å². The number of nitriles is 1. The summed E-state index contributed by atoms with van der Waals surface area (Å²) in [6, 6.07) is 16.0. The van der Waals surface area contributed by atoms with Crippen molar-refractivity contribution >= 4 is 28.9 Å². The zero-order chi connectivity index (χ0) is 21.1. The Kier molecular flexibility index (Phi) is 5.18. The number of nitrogen functional groups attached to an aromatic ring is 1. The van der Waals surface area contributed by atoms with E-state index >= 15 is 0 Å². The standard InChI is InChI=1S/C22H22N8/c1-3-11-28(22-18(13-23)21(24)25-15-26-22)14-20-27-29-12-7-10-19(29)16(2)30(20)17-8-5-4-6-9-17/h4-10,12,15H,2-3,11,14H2,1H3,(H2,24,25,26). The number of para-hydroxylation sites is 1. The van der Waals surface area contributed by atoms with Crippen molar-refractivity contribution in [3.63, 3.8) is 0 Å². The van der Waals surface area contributed by atoms with Crippen molar-refractivity contribution in [1.29, 1.82) is 5.26 Å². The summed E-state index contributed by atoms with van der Waals surface area (Å²) in [5.41, 5.74) is 8.92. The van der Waals surface area contributed by atoms with Gasteiger partial charge in [-0.3, -0.25) is 4.90 Å². The fraction of sp³-hybridized carbons (Fsp3) is 0.182. The Morgan fingerprint density at radius 3 is 2.70 bits per heavy atom. The van der Waals surface area contributed by atoms with Crippen LogP contribution in [0.15, 0.2) is 66.7 Å². The highest BCUT2D eigenvalue weighted by Crippen LogP contribution is 2.30. The number of aromatic nitrogens is 3. The molecule has 0 spiro atoms. The van der Waals surface area contributed by atoms with Crippen molar-refractivity contribution in [3.8, 4) is 6.07 Å². The molecule has 3 heterocycles. The Morgan fingerprint density at radius 1 is 1.17 bits per heavy atom. The maximum Gasteiger partial charge on any atom is 0.154 e. The first-order valence-corrected chi connectivity index (χ1v) is 9.69. The van der Waals surface area contributed by atoms with Crippen LogP contribution in [0.5, 0.6) is 0 Å². The number of rotatable bonds is 6. The average molecular weight is 398 g/mol. The number of anilines is 3. The molecule has 30 heavy (non-hydrogen) atoms. The molecule has 4 rings (SSSR count). The van der Waals surface area contributed by atoms with Crippen molar-refractivity contribution < 1.29 is 0 Å². The van der Waals surface area contributed by atoms with E-state index in [-0.39, 0.29) is 11.4 Å². The highest BCUT2D eigenvalue weighted by atomic mass is 15.4. The van der Waals surface area contributed by atoms with Crippen molar-refractivity contribution in [2.24, 2.45) is 5.10 Å². The van der Waals surface area contributed by atoms with E-state index in [1.54, 1.807) is 0 Å². The molecule has 0 aliphatic carbocycles. The third-order valence-electron chi connectivity index (χ3n) is 4.88. The molecule has 0 saturated carbocycles. The van der Waals surface area contributed by atoms with E-state index in [1.165, 1.54) is 6.33 Å². The SMILES string of the molecule is C=C1c2cccn2N=C(CN(CCC)c2ncnc(N)c2C#N)N1c1ccccc1. The Morgan fingerprint density at radius 2 is 1.97 bits per heavy atom. The van der Waals surface area contributed by atoms with Gasteiger partial charge in [-0.25, -0.2) is 14.6 Å². The van der Waals surface area contributed by atoms with Gasteiger partial charge in [-0.15, -0.1) is 0 Å². The number of fused-ring (bicyclic) bond motifs is 1. The molecule has 8 heteroatoms. The van der Waals surface area contributed by atoms with E-state index in [4.69, 9.17) is 10.8 Å². The fourth-order valence-electron chi connectivity index (χ4n) is 3.55. The quantitative estimate of drug-likeness (QED) is 0.684. The van der Waals surface area contributed by atoms with E-state index in [0.29, 0.717) is 18.9 Å². The predicted molar refractivity (Wildman–Crippen MR) is 119 cm³/mol. The largest absolute Gasteiger partial charge is 0.382 e. The van der Waals surface area contributed by atoms with E-state index < -0.39 is 0 Å². The van der Waals surface area contributed by atoms with E-state index in [9.17, 15) is 5.26 Å². The van der Waals surface area contributed by atoms with Crippen LogP contribution in [0.2, 0.25) is 0 Å². The lowest BCUT2D eigenvalue weighted by Gasteiger charge is -2.35. The first kappa shape index (κ1) is 19.2. The van der Waals surface area contributed by atoms with Crippen LogP contribution in [0.1, 0.15) is 24.6 Å². The molecule has 1 aliphatic rings. The van der Waals surface area contributed by atoms with Crippen LogP contribution in [0.3, 0.4) is 0 Å².